The summed E-state index contributed by atoms with van der Waals surface area (Å²) in [5.41, 5.74) is 0. The molecule has 2 heterocycles. The molecule has 0 unspecified atom stereocenters. The first-order valence-corrected chi connectivity index (χ1v) is 11.3. The van der Waals surface area contributed by atoms with E-state index in [-0.39, 0.29) is 36.6 Å². The van der Waals surface area contributed by atoms with Gasteiger partial charge in [-0.2, -0.15) is 0 Å². The lowest BCUT2D eigenvalue weighted by Gasteiger charge is -2.42. The highest BCUT2D eigenvalue weighted by atomic mass is 35.5. The molecule has 0 radical (unpaired) electrons. The lowest BCUT2D eigenvalue weighted by Crippen LogP contribution is -2.61. The van der Waals surface area contributed by atoms with Crippen LogP contribution in [0.15, 0.2) is 0 Å². The standard InChI is InChI=1S/C17H32N4O4S.2ClH/c1-4-20(5-2)15(22)14-19-10-12-21(13-11-19)16(23)17(26(3,24)25)6-8-18-9-7-17;;/h18H,4-14H2,1-3H3;2*1H. The van der Waals surface area contributed by atoms with Gasteiger partial charge >= 0.3 is 0 Å². The molecule has 0 atom stereocenters. The van der Waals surface area contributed by atoms with Crippen LogP contribution in [-0.4, -0.2) is 105 Å². The summed E-state index contributed by atoms with van der Waals surface area (Å²) in [4.78, 5) is 30.8. The van der Waals surface area contributed by atoms with Crippen molar-refractivity contribution in [2.45, 2.75) is 31.4 Å². The number of amides is 2. The summed E-state index contributed by atoms with van der Waals surface area (Å²) in [6.45, 7) is 8.86. The summed E-state index contributed by atoms with van der Waals surface area (Å²) in [6.07, 6.45) is 1.83. The highest BCUT2D eigenvalue weighted by Gasteiger charge is 2.50. The smallest absolute Gasteiger partial charge is 0.244 e. The van der Waals surface area contributed by atoms with Gasteiger partial charge in [0, 0.05) is 45.5 Å². The molecule has 2 aliphatic heterocycles. The van der Waals surface area contributed by atoms with E-state index in [1.165, 1.54) is 6.26 Å². The third-order valence-corrected chi connectivity index (χ3v) is 7.65. The average Bonchev–Trinajstić information content (AvgIpc) is 2.62. The van der Waals surface area contributed by atoms with Crippen LogP contribution in [0.3, 0.4) is 0 Å². The lowest BCUT2D eigenvalue weighted by atomic mass is 9.95. The molecule has 166 valence electrons. The molecule has 0 bridgehead atoms. The molecule has 0 aromatic heterocycles. The maximum absolute atomic E-state index is 13.1. The van der Waals surface area contributed by atoms with E-state index in [9.17, 15) is 18.0 Å². The summed E-state index contributed by atoms with van der Waals surface area (Å²) in [6, 6.07) is 0. The molecule has 11 heteroatoms. The summed E-state index contributed by atoms with van der Waals surface area (Å²) in [5.74, 6) is -0.169. The minimum Gasteiger partial charge on any atom is -0.342 e. The van der Waals surface area contributed by atoms with E-state index in [2.05, 4.69) is 5.32 Å². The Labute approximate surface area is 181 Å². The van der Waals surface area contributed by atoms with Gasteiger partial charge in [-0.05, 0) is 39.8 Å². The third kappa shape index (κ3) is 5.95. The van der Waals surface area contributed by atoms with Crippen LogP contribution < -0.4 is 5.32 Å². The topological polar surface area (TPSA) is 90.0 Å². The second kappa shape index (κ2) is 11.5. The van der Waals surface area contributed by atoms with Gasteiger partial charge in [0.15, 0.2) is 14.6 Å². The molecule has 0 aliphatic carbocycles. The van der Waals surface area contributed by atoms with E-state index in [4.69, 9.17) is 0 Å². The predicted molar refractivity (Wildman–Crippen MR) is 115 cm³/mol. The molecule has 2 fully saturated rings. The molecule has 0 saturated carbocycles. The fourth-order valence-electron chi connectivity index (χ4n) is 3.84. The van der Waals surface area contributed by atoms with Gasteiger partial charge in [0.1, 0.15) is 0 Å². The van der Waals surface area contributed by atoms with Crippen molar-refractivity contribution >= 4 is 46.5 Å². The fraction of sp³-hybridized carbons (Fsp3) is 0.882. The van der Waals surface area contributed by atoms with Crippen LogP contribution in [0.5, 0.6) is 0 Å². The zero-order valence-corrected chi connectivity index (χ0v) is 19.4. The molecule has 2 amide bonds. The van der Waals surface area contributed by atoms with Crippen molar-refractivity contribution in [1.82, 2.24) is 20.0 Å². The Balaban J connectivity index is 0.00000364. The Kier molecular flexibility index (Phi) is 11.3. The maximum Gasteiger partial charge on any atom is 0.244 e. The number of hydrogen-bond acceptors (Lipinski definition) is 6. The van der Waals surface area contributed by atoms with Crippen molar-refractivity contribution in [3.05, 3.63) is 0 Å². The fourth-order valence-corrected chi connectivity index (χ4v) is 5.23. The van der Waals surface area contributed by atoms with Crippen molar-refractivity contribution in [1.29, 1.82) is 0 Å². The zero-order chi connectivity index (χ0) is 19.4. The Morgan fingerprint density at radius 3 is 1.93 bits per heavy atom. The minimum absolute atomic E-state index is 0. The molecular formula is C17H34Cl2N4O4S. The van der Waals surface area contributed by atoms with E-state index >= 15 is 0 Å². The molecular weight excluding hydrogens is 427 g/mol. The van der Waals surface area contributed by atoms with Crippen LogP contribution in [0.4, 0.5) is 0 Å². The Hall–Kier alpha value is -0.610. The summed E-state index contributed by atoms with van der Waals surface area (Å²) in [7, 11) is -3.49. The molecule has 0 aromatic carbocycles. The molecule has 1 N–H and O–H groups in total. The van der Waals surface area contributed by atoms with Crippen LogP contribution >= 0.6 is 24.8 Å². The second-order valence-electron chi connectivity index (χ2n) is 7.15. The number of rotatable bonds is 6. The molecule has 28 heavy (non-hydrogen) atoms. The van der Waals surface area contributed by atoms with Crippen molar-refractivity contribution < 1.29 is 18.0 Å². The number of carbonyl (C=O) groups excluding carboxylic acids is 2. The van der Waals surface area contributed by atoms with Crippen molar-refractivity contribution in [3.63, 3.8) is 0 Å². The Bertz CT molecular complexity index is 615. The van der Waals surface area contributed by atoms with Gasteiger partial charge in [0.25, 0.3) is 0 Å². The monoisotopic (exact) mass is 460 g/mol. The summed E-state index contributed by atoms with van der Waals surface area (Å²) in [5, 5.41) is 3.13. The van der Waals surface area contributed by atoms with Gasteiger partial charge in [-0.1, -0.05) is 0 Å². The molecule has 0 aromatic rings. The van der Waals surface area contributed by atoms with Gasteiger partial charge in [-0.15, -0.1) is 24.8 Å². The van der Waals surface area contributed by atoms with Crippen LogP contribution in [0, 0.1) is 0 Å². The van der Waals surface area contributed by atoms with E-state index in [1.807, 2.05) is 18.7 Å². The quantitative estimate of drug-likeness (QED) is 0.600. The van der Waals surface area contributed by atoms with E-state index in [1.54, 1.807) is 9.80 Å². The normalized spacial score (nSPS) is 19.9. The Morgan fingerprint density at radius 2 is 1.50 bits per heavy atom. The van der Waals surface area contributed by atoms with Gasteiger partial charge in [-0.25, -0.2) is 8.42 Å². The molecule has 0 spiro atoms. The number of halogens is 2. The maximum atomic E-state index is 13.1. The van der Waals surface area contributed by atoms with Gasteiger partial charge in [-0.3, -0.25) is 14.5 Å². The number of carbonyl (C=O) groups is 2. The zero-order valence-electron chi connectivity index (χ0n) is 17.0. The first-order chi connectivity index (χ1) is 12.2. The number of nitrogens with zero attached hydrogens (tertiary/aromatic N) is 3. The first-order valence-electron chi connectivity index (χ1n) is 9.45. The summed E-state index contributed by atoms with van der Waals surface area (Å²) < 4.78 is 23.5. The van der Waals surface area contributed by atoms with Gasteiger partial charge in [0.05, 0.1) is 6.54 Å². The highest BCUT2D eigenvalue weighted by Crippen LogP contribution is 2.30. The van der Waals surface area contributed by atoms with Crippen LogP contribution in [0.25, 0.3) is 0 Å². The lowest BCUT2D eigenvalue weighted by molar-refractivity contribution is -0.137. The predicted octanol–water partition coefficient (Wildman–Crippen LogP) is 0.00940. The number of nitrogens with one attached hydrogen (secondary N) is 1. The van der Waals surface area contributed by atoms with Crippen molar-refractivity contribution in [2.75, 3.05) is 65.2 Å². The van der Waals surface area contributed by atoms with E-state index in [0.717, 1.165) is 0 Å². The molecule has 2 rings (SSSR count). The Morgan fingerprint density at radius 1 is 1.00 bits per heavy atom. The third-order valence-electron chi connectivity index (χ3n) is 5.65. The minimum atomic E-state index is -3.49. The highest BCUT2D eigenvalue weighted by molar-refractivity contribution is 7.92. The number of likely N-dealkylation sites (N-methyl/N-ethyl adjacent to an activating group) is 1. The van der Waals surface area contributed by atoms with E-state index < -0.39 is 14.6 Å². The largest absolute Gasteiger partial charge is 0.342 e. The van der Waals surface area contributed by atoms with Crippen LogP contribution in [0.1, 0.15) is 26.7 Å². The van der Waals surface area contributed by atoms with Gasteiger partial charge < -0.3 is 15.1 Å². The number of piperidine rings is 1. The molecule has 2 aliphatic rings. The molecule has 2 saturated heterocycles. The molecule has 8 nitrogen and oxygen atoms in total. The average molecular weight is 461 g/mol. The number of hydrogen-bond donors (Lipinski definition) is 1. The van der Waals surface area contributed by atoms with Crippen LogP contribution in [0.2, 0.25) is 0 Å². The van der Waals surface area contributed by atoms with Crippen molar-refractivity contribution in [3.8, 4) is 0 Å². The number of sulfone groups is 1. The van der Waals surface area contributed by atoms with E-state index in [0.29, 0.717) is 71.7 Å². The first kappa shape index (κ1) is 27.4. The summed E-state index contributed by atoms with van der Waals surface area (Å²) >= 11 is 0. The SMILES string of the molecule is CCN(CC)C(=O)CN1CCN(C(=O)C2(S(C)(=O)=O)CCNCC2)CC1.Cl.Cl. The van der Waals surface area contributed by atoms with Crippen LogP contribution in [-0.2, 0) is 19.4 Å². The number of piperazine rings is 1. The van der Waals surface area contributed by atoms with Crippen molar-refractivity contribution in [2.24, 2.45) is 0 Å². The van der Waals surface area contributed by atoms with Gasteiger partial charge in [0.2, 0.25) is 11.8 Å². The second-order valence-corrected chi connectivity index (χ2v) is 9.48.